The molecule has 2 amide bonds. The predicted octanol–water partition coefficient (Wildman–Crippen LogP) is -0.898. The van der Waals surface area contributed by atoms with Crippen molar-refractivity contribution in [2.75, 3.05) is 11.2 Å². The fraction of sp³-hybridized carbons (Fsp3) is 0. The SMILES string of the molecule is NC(=O)NNc1nc(N)nc(Cl)n1. The molecule has 6 N–H and O–H groups in total. The van der Waals surface area contributed by atoms with Crippen molar-refractivity contribution in [2.24, 2.45) is 5.73 Å². The maximum absolute atomic E-state index is 10.3. The van der Waals surface area contributed by atoms with Gasteiger partial charge in [0.1, 0.15) is 0 Å². The number of rotatable bonds is 2. The standard InChI is InChI=1S/C4H6ClN7O/c5-1-8-2(6)10-4(9-1)12-11-3(7)13/h(H3,7,11,13)(H3,6,8,9,10,12). The first-order valence-corrected chi connectivity index (χ1v) is 3.44. The number of hydrogen-bond acceptors (Lipinski definition) is 6. The molecule has 0 bridgehead atoms. The number of nitrogens with zero attached hydrogens (tertiary/aromatic N) is 3. The third kappa shape index (κ3) is 2.95. The van der Waals surface area contributed by atoms with E-state index < -0.39 is 6.03 Å². The molecular formula is C4H6ClN7O. The second-order valence-corrected chi connectivity index (χ2v) is 2.24. The van der Waals surface area contributed by atoms with Crippen molar-refractivity contribution in [3.63, 3.8) is 0 Å². The van der Waals surface area contributed by atoms with Gasteiger partial charge in [0, 0.05) is 0 Å². The third-order valence-corrected chi connectivity index (χ3v) is 1.09. The van der Waals surface area contributed by atoms with Gasteiger partial charge in [0.25, 0.3) is 0 Å². The van der Waals surface area contributed by atoms with E-state index in [9.17, 15) is 4.79 Å². The van der Waals surface area contributed by atoms with Crippen LogP contribution in [0.2, 0.25) is 5.28 Å². The molecule has 0 saturated carbocycles. The highest BCUT2D eigenvalue weighted by Crippen LogP contribution is 2.05. The minimum Gasteiger partial charge on any atom is -0.368 e. The van der Waals surface area contributed by atoms with Crippen LogP contribution in [-0.4, -0.2) is 21.0 Å². The third-order valence-electron chi connectivity index (χ3n) is 0.923. The van der Waals surface area contributed by atoms with Crippen LogP contribution in [0, 0.1) is 0 Å². The van der Waals surface area contributed by atoms with Crippen LogP contribution < -0.4 is 22.3 Å². The summed E-state index contributed by atoms with van der Waals surface area (Å²) in [6, 6.07) is -0.782. The second kappa shape index (κ2) is 3.72. The Labute approximate surface area is 77.7 Å². The molecule has 0 aliphatic rings. The molecule has 8 nitrogen and oxygen atoms in total. The molecule has 1 heterocycles. The number of nitrogens with two attached hydrogens (primary N) is 2. The maximum Gasteiger partial charge on any atom is 0.330 e. The molecule has 0 radical (unpaired) electrons. The summed E-state index contributed by atoms with van der Waals surface area (Å²) < 4.78 is 0. The average Bonchev–Trinajstić information content (AvgIpc) is 1.99. The number of primary amides is 1. The van der Waals surface area contributed by atoms with Crippen LogP contribution in [0.4, 0.5) is 16.7 Å². The predicted molar refractivity (Wildman–Crippen MR) is 45.6 cm³/mol. The second-order valence-electron chi connectivity index (χ2n) is 1.90. The molecule has 70 valence electrons. The van der Waals surface area contributed by atoms with E-state index in [0.29, 0.717) is 0 Å². The molecule has 1 aromatic rings. The van der Waals surface area contributed by atoms with Gasteiger partial charge in [-0.05, 0) is 11.6 Å². The van der Waals surface area contributed by atoms with Crippen LogP contribution >= 0.6 is 11.6 Å². The van der Waals surface area contributed by atoms with Crippen LogP contribution in [0.15, 0.2) is 0 Å². The number of urea groups is 1. The van der Waals surface area contributed by atoms with Crippen molar-refractivity contribution in [3.8, 4) is 0 Å². The lowest BCUT2D eigenvalue weighted by atomic mass is 10.9. The molecule has 0 atom stereocenters. The van der Waals surface area contributed by atoms with Crippen molar-refractivity contribution in [3.05, 3.63) is 5.28 Å². The number of halogens is 1. The summed E-state index contributed by atoms with van der Waals surface area (Å²) in [7, 11) is 0. The lowest BCUT2D eigenvalue weighted by Gasteiger charge is -2.03. The van der Waals surface area contributed by atoms with Crippen molar-refractivity contribution in [1.82, 2.24) is 20.4 Å². The normalized spacial score (nSPS) is 9.31. The molecule has 1 rings (SSSR count). The van der Waals surface area contributed by atoms with Gasteiger partial charge in [-0.25, -0.2) is 10.2 Å². The zero-order valence-corrected chi connectivity index (χ0v) is 7.04. The first kappa shape index (κ1) is 9.26. The fourth-order valence-corrected chi connectivity index (χ4v) is 0.705. The maximum atomic E-state index is 10.3. The number of hydrogen-bond donors (Lipinski definition) is 4. The molecule has 0 unspecified atom stereocenters. The van der Waals surface area contributed by atoms with Gasteiger partial charge in [0.2, 0.25) is 17.2 Å². The molecule has 0 fully saturated rings. The van der Waals surface area contributed by atoms with E-state index in [-0.39, 0.29) is 17.2 Å². The molecule has 0 aromatic carbocycles. The van der Waals surface area contributed by atoms with Gasteiger partial charge in [-0.2, -0.15) is 15.0 Å². The molecule has 0 saturated heterocycles. The Bertz CT molecular complexity index is 308. The van der Waals surface area contributed by atoms with E-state index in [0.717, 1.165) is 0 Å². The first-order chi connectivity index (χ1) is 6.08. The van der Waals surface area contributed by atoms with Gasteiger partial charge in [-0.3, -0.25) is 5.43 Å². The summed E-state index contributed by atoms with van der Waals surface area (Å²) in [5, 5.41) is -0.0822. The minimum atomic E-state index is -0.782. The number of nitrogens with one attached hydrogen (secondary N) is 2. The number of carbonyl (C=O) groups is 1. The van der Waals surface area contributed by atoms with Crippen molar-refractivity contribution in [2.45, 2.75) is 0 Å². The highest BCUT2D eigenvalue weighted by molar-refractivity contribution is 6.28. The van der Waals surface area contributed by atoms with E-state index in [2.05, 4.69) is 20.4 Å². The van der Waals surface area contributed by atoms with Crippen molar-refractivity contribution >= 4 is 29.5 Å². The van der Waals surface area contributed by atoms with Gasteiger partial charge in [0.15, 0.2) is 0 Å². The van der Waals surface area contributed by atoms with Crippen LogP contribution in [0.3, 0.4) is 0 Å². The summed E-state index contributed by atoms with van der Waals surface area (Å²) in [6.45, 7) is 0. The molecule has 13 heavy (non-hydrogen) atoms. The number of carbonyl (C=O) groups excluding carboxylic acids is 1. The Morgan fingerprint density at radius 1 is 1.38 bits per heavy atom. The van der Waals surface area contributed by atoms with Gasteiger partial charge in [0.05, 0.1) is 0 Å². The number of nitrogen functional groups attached to an aromatic ring is 1. The zero-order valence-electron chi connectivity index (χ0n) is 6.28. The fourth-order valence-electron chi connectivity index (χ4n) is 0.539. The number of amides is 2. The van der Waals surface area contributed by atoms with Crippen LogP contribution in [-0.2, 0) is 0 Å². The van der Waals surface area contributed by atoms with E-state index in [1.807, 2.05) is 5.43 Å². The largest absolute Gasteiger partial charge is 0.368 e. The molecular weight excluding hydrogens is 198 g/mol. The monoisotopic (exact) mass is 203 g/mol. The van der Waals surface area contributed by atoms with E-state index in [1.165, 1.54) is 0 Å². The molecule has 0 spiro atoms. The van der Waals surface area contributed by atoms with E-state index in [4.69, 9.17) is 23.1 Å². The number of anilines is 2. The molecule has 9 heteroatoms. The number of aromatic nitrogens is 3. The Morgan fingerprint density at radius 3 is 2.62 bits per heavy atom. The first-order valence-electron chi connectivity index (χ1n) is 3.06. The van der Waals surface area contributed by atoms with E-state index >= 15 is 0 Å². The summed E-state index contributed by atoms with van der Waals surface area (Å²) in [5.41, 5.74) is 14.3. The average molecular weight is 204 g/mol. The summed E-state index contributed by atoms with van der Waals surface area (Å²) in [6.07, 6.45) is 0. The molecule has 0 aliphatic heterocycles. The number of hydrazine groups is 1. The quantitative estimate of drug-likeness (QED) is 0.461. The van der Waals surface area contributed by atoms with Gasteiger partial charge in [-0.15, -0.1) is 0 Å². The smallest absolute Gasteiger partial charge is 0.330 e. The lowest BCUT2D eigenvalue weighted by Crippen LogP contribution is -2.35. The molecule has 0 aliphatic carbocycles. The summed E-state index contributed by atoms with van der Waals surface area (Å²) >= 11 is 5.44. The van der Waals surface area contributed by atoms with Crippen molar-refractivity contribution in [1.29, 1.82) is 0 Å². The Balaban J connectivity index is 2.71. The highest BCUT2D eigenvalue weighted by atomic mass is 35.5. The Hall–Kier alpha value is -1.83. The summed E-state index contributed by atoms with van der Waals surface area (Å²) in [5.74, 6) is -0.0509. The van der Waals surface area contributed by atoms with Crippen LogP contribution in [0.25, 0.3) is 0 Å². The minimum absolute atomic E-state index is 0.0105. The summed E-state index contributed by atoms with van der Waals surface area (Å²) in [4.78, 5) is 20.9. The van der Waals surface area contributed by atoms with Gasteiger partial charge < -0.3 is 11.5 Å². The van der Waals surface area contributed by atoms with Crippen LogP contribution in [0.1, 0.15) is 0 Å². The van der Waals surface area contributed by atoms with E-state index in [1.54, 1.807) is 0 Å². The van der Waals surface area contributed by atoms with Gasteiger partial charge >= 0.3 is 6.03 Å². The highest BCUT2D eigenvalue weighted by Gasteiger charge is 2.01. The Kier molecular flexibility index (Phi) is 2.65. The Morgan fingerprint density at radius 2 is 2.08 bits per heavy atom. The van der Waals surface area contributed by atoms with Gasteiger partial charge in [-0.1, -0.05) is 0 Å². The lowest BCUT2D eigenvalue weighted by molar-refractivity contribution is 0.250. The van der Waals surface area contributed by atoms with Crippen molar-refractivity contribution < 1.29 is 4.79 Å². The molecule has 1 aromatic heterocycles. The van der Waals surface area contributed by atoms with Crippen LogP contribution in [0.5, 0.6) is 0 Å². The topological polar surface area (TPSA) is 132 Å². The zero-order chi connectivity index (χ0) is 9.84.